The van der Waals surface area contributed by atoms with Crippen molar-refractivity contribution < 1.29 is 14.5 Å². The minimum atomic E-state index is -0.629. The molecular weight excluding hydrogens is 330 g/mol. The van der Waals surface area contributed by atoms with Gasteiger partial charge in [0.25, 0.3) is 0 Å². The first kappa shape index (κ1) is 19.6. The quantitative estimate of drug-likeness (QED) is 0.236. The summed E-state index contributed by atoms with van der Waals surface area (Å²) in [6, 6.07) is -0.629. The van der Waals surface area contributed by atoms with Crippen LogP contribution in [0, 0.1) is 29.1 Å². The van der Waals surface area contributed by atoms with Crippen molar-refractivity contribution in [2.24, 2.45) is 5.92 Å². The number of fused-ring (bicyclic) bond motifs is 3. The summed E-state index contributed by atoms with van der Waals surface area (Å²) in [5.74, 6) is 0.0545. The maximum atomic E-state index is 12.4. The average molecular weight is 358 g/mol. The number of hydrogen-bond acceptors (Lipinski definition) is 4. The van der Waals surface area contributed by atoms with Gasteiger partial charge >= 0.3 is 0 Å². The number of Topliss-reactive ketones (excluding diaryl/α,β-unsaturated/α-hetero) is 1. The fourth-order valence-electron chi connectivity index (χ4n) is 3.70. The van der Waals surface area contributed by atoms with E-state index in [1.807, 2.05) is 0 Å². The molecule has 2 heterocycles. The summed E-state index contributed by atoms with van der Waals surface area (Å²) in [6.45, 7) is 3.79. The number of carbonyl (C=O) groups excluding carboxylic acids is 1. The van der Waals surface area contributed by atoms with Crippen molar-refractivity contribution in [3.8, 4) is 0 Å². The lowest BCUT2D eigenvalue weighted by molar-refractivity contribution is -0.524. The van der Waals surface area contributed by atoms with Gasteiger partial charge in [-0.2, -0.15) is 0 Å². The number of rotatable bonds is 11. The third-order valence-electron chi connectivity index (χ3n) is 5.18. The molecule has 2 aliphatic heterocycles. The standard InChI is InChI=1S/C18H28ClNO4/c1-2-3-4-5-6-7-14(20(22)23)9-10-16(21)18-13-8-11-17(24-18)15(19)12-13/h13-15,17H,1-12H2. The van der Waals surface area contributed by atoms with Crippen molar-refractivity contribution in [2.75, 3.05) is 0 Å². The molecule has 0 amide bonds. The zero-order valence-corrected chi connectivity index (χ0v) is 15.0. The second kappa shape index (κ2) is 9.71. The molecule has 5 nitrogen and oxygen atoms in total. The van der Waals surface area contributed by atoms with Crippen LogP contribution >= 0.6 is 11.6 Å². The number of nitrogens with zero attached hydrogens (tertiary/aromatic N) is 1. The zero-order chi connectivity index (χ0) is 17.5. The fourth-order valence-corrected chi connectivity index (χ4v) is 4.09. The lowest BCUT2D eigenvalue weighted by atomic mass is 9.78. The van der Waals surface area contributed by atoms with Crippen LogP contribution in [0.2, 0.25) is 0 Å². The largest absolute Gasteiger partial charge is 0.359 e. The molecule has 1 aliphatic carbocycles. The van der Waals surface area contributed by atoms with E-state index in [1.165, 1.54) is 0 Å². The molecule has 6 heteroatoms. The van der Waals surface area contributed by atoms with Gasteiger partial charge in [-0.1, -0.05) is 32.6 Å². The summed E-state index contributed by atoms with van der Waals surface area (Å²) >= 11 is 6.20. The highest BCUT2D eigenvalue weighted by atomic mass is 35.5. The van der Waals surface area contributed by atoms with E-state index in [4.69, 9.17) is 16.3 Å². The Morgan fingerprint density at radius 1 is 1.29 bits per heavy atom. The molecule has 0 aromatic heterocycles. The van der Waals surface area contributed by atoms with E-state index in [2.05, 4.69) is 6.92 Å². The summed E-state index contributed by atoms with van der Waals surface area (Å²) in [6.07, 6.45) is 9.05. The van der Waals surface area contributed by atoms with Crippen LogP contribution in [0.25, 0.3) is 0 Å². The Morgan fingerprint density at radius 3 is 2.62 bits per heavy atom. The molecule has 2 saturated heterocycles. The molecule has 2 radical (unpaired) electrons. The second-order valence-corrected chi connectivity index (χ2v) is 7.56. The molecule has 0 aromatic rings. The molecule has 1 saturated carbocycles. The van der Waals surface area contributed by atoms with Crippen LogP contribution in [-0.2, 0) is 9.53 Å². The molecule has 3 fully saturated rings. The SMILES string of the molecule is [CH2]CCCCCCC(CCC(=O)[C]1OC2CCC1CC2Cl)[N+](=O)[O-]. The Hall–Kier alpha value is -0.680. The van der Waals surface area contributed by atoms with Gasteiger partial charge in [-0.25, -0.2) is 0 Å². The highest BCUT2D eigenvalue weighted by molar-refractivity contribution is 6.21. The van der Waals surface area contributed by atoms with Gasteiger partial charge in [0, 0.05) is 30.1 Å². The molecule has 3 rings (SSSR count). The first-order valence-corrected chi connectivity index (χ1v) is 9.60. The molecule has 3 aliphatic rings. The zero-order valence-electron chi connectivity index (χ0n) is 14.3. The smallest absolute Gasteiger partial charge is 0.213 e. The van der Waals surface area contributed by atoms with Crippen LogP contribution in [0.3, 0.4) is 0 Å². The molecule has 4 atom stereocenters. The summed E-state index contributed by atoms with van der Waals surface area (Å²) in [4.78, 5) is 23.4. The molecule has 24 heavy (non-hydrogen) atoms. The number of halogens is 1. The van der Waals surface area contributed by atoms with Crippen LogP contribution in [0.15, 0.2) is 0 Å². The van der Waals surface area contributed by atoms with Gasteiger partial charge < -0.3 is 4.74 Å². The number of carbonyl (C=O) groups is 1. The predicted octanol–water partition coefficient (Wildman–Crippen LogP) is 4.49. The number of alkyl halides is 1. The first-order valence-electron chi connectivity index (χ1n) is 9.16. The molecule has 0 N–H and O–H groups in total. The van der Waals surface area contributed by atoms with E-state index in [-0.39, 0.29) is 34.5 Å². The van der Waals surface area contributed by atoms with Crippen LogP contribution in [0.1, 0.15) is 70.6 Å². The minimum absolute atomic E-state index is 0.00913. The second-order valence-electron chi connectivity index (χ2n) is 7.00. The monoisotopic (exact) mass is 357 g/mol. The van der Waals surface area contributed by atoms with E-state index >= 15 is 0 Å². The molecule has 4 unspecified atom stereocenters. The van der Waals surface area contributed by atoms with Gasteiger partial charge in [0.2, 0.25) is 6.04 Å². The molecule has 0 aromatic carbocycles. The van der Waals surface area contributed by atoms with Crippen LogP contribution in [0.5, 0.6) is 0 Å². The molecule has 2 bridgehead atoms. The highest BCUT2D eigenvalue weighted by Gasteiger charge is 2.45. The Labute approximate surface area is 149 Å². The van der Waals surface area contributed by atoms with Crippen LogP contribution in [-0.4, -0.2) is 28.2 Å². The Morgan fingerprint density at radius 2 is 2.04 bits per heavy atom. The number of nitro groups is 1. The molecule has 136 valence electrons. The van der Waals surface area contributed by atoms with E-state index in [1.54, 1.807) is 0 Å². The minimum Gasteiger partial charge on any atom is -0.359 e. The van der Waals surface area contributed by atoms with Gasteiger partial charge in [0.05, 0.1) is 11.5 Å². The van der Waals surface area contributed by atoms with E-state index < -0.39 is 6.04 Å². The first-order chi connectivity index (χ1) is 11.5. The maximum absolute atomic E-state index is 12.4. The highest BCUT2D eigenvalue weighted by Crippen LogP contribution is 2.44. The summed E-state index contributed by atoms with van der Waals surface area (Å²) in [5.41, 5.74) is 0. The van der Waals surface area contributed by atoms with E-state index in [9.17, 15) is 14.9 Å². The van der Waals surface area contributed by atoms with Gasteiger partial charge in [0.15, 0.2) is 11.9 Å². The summed E-state index contributed by atoms with van der Waals surface area (Å²) in [7, 11) is 0. The summed E-state index contributed by atoms with van der Waals surface area (Å²) < 4.78 is 5.74. The average Bonchev–Trinajstić information content (AvgIpc) is 2.57. The van der Waals surface area contributed by atoms with Gasteiger partial charge in [-0.15, -0.1) is 11.6 Å². The number of ketones is 1. The van der Waals surface area contributed by atoms with Crippen molar-refractivity contribution in [1.82, 2.24) is 0 Å². The van der Waals surface area contributed by atoms with Crippen LogP contribution < -0.4 is 0 Å². The van der Waals surface area contributed by atoms with Gasteiger partial charge in [-0.3, -0.25) is 14.9 Å². The lowest BCUT2D eigenvalue weighted by Gasteiger charge is -2.43. The van der Waals surface area contributed by atoms with Crippen molar-refractivity contribution in [3.05, 3.63) is 23.1 Å². The predicted molar refractivity (Wildman–Crippen MR) is 93.2 cm³/mol. The van der Waals surface area contributed by atoms with Gasteiger partial charge in [0.1, 0.15) is 0 Å². The third kappa shape index (κ3) is 5.41. The topological polar surface area (TPSA) is 69.4 Å². The summed E-state index contributed by atoms with van der Waals surface area (Å²) in [5, 5.41) is 11.2. The third-order valence-corrected chi connectivity index (χ3v) is 5.64. The van der Waals surface area contributed by atoms with Crippen LogP contribution in [0.4, 0.5) is 0 Å². The maximum Gasteiger partial charge on any atom is 0.213 e. The Kier molecular flexibility index (Phi) is 7.95. The Bertz CT molecular complexity index is 431. The fraction of sp³-hybridized carbons (Fsp3) is 0.833. The normalized spacial score (nSPS) is 28.0. The lowest BCUT2D eigenvalue weighted by Crippen LogP contribution is -2.46. The number of hydrogen-bond donors (Lipinski definition) is 0. The Balaban J connectivity index is 1.73. The van der Waals surface area contributed by atoms with Crippen molar-refractivity contribution in [3.63, 3.8) is 0 Å². The van der Waals surface area contributed by atoms with E-state index in [0.29, 0.717) is 18.9 Å². The van der Waals surface area contributed by atoms with E-state index in [0.717, 1.165) is 51.4 Å². The number of ether oxygens (including phenoxy) is 1. The van der Waals surface area contributed by atoms with Gasteiger partial charge in [-0.05, 0) is 25.7 Å². The number of unbranched alkanes of at least 4 members (excludes halogenated alkanes) is 4. The molecule has 0 spiro atoms. The van der Waals surface area contributed by atoms with Crippen molar-refractivity contribution in [1.29, 1.82) is 0 Å². The molecular formula is C18H28ClNO4. The van der Waals surface area contributed by atoms with Crippen molar-refractivity contribution in [2.45, 2.75) is 88.2 Å². The van der Waals surface area contributed by atoms with Crippen molar-refractivity contribution >= 4 is 17.4 Å².